The van der Waals surface area contributed by atoms with Gasteiger partial charge in [-0.15, -0.1) is 0 Å². The van der Waals surface area contributed by atoms with E-state index in [9.17, 15) is 0 Å². The molecule has 0 aromatic heterocycles. The minimum absolute atomic E-state index is 0.191. The van der Waals surface area contributed by atoms with Crippen LogP contribution >= 0.6 is 0 Å². The molecule has 1 aromatic carbocycles. The van der Waals surface area contributed by atoms with Crippen LogP contribution in [0.4, 0.5) is 0 Å². The van der Waals surface area contributed by atoms with Crippen molar-refractivity contribution in [2.45, 2.75) is 26.8 Å². The molecule has 0 radical (unpaired) electrons. The number of nitrogens with two attached hydrogens (primary N) is 1. The number of aryl methyl sites for hydroxylation is 1. The van der Waals surface area contributed by atoms with Crippen LogP contribution < -0.4 is 16.0 Å². The summed E-state index contributed by atoms with van der Waals surface area (Å²) in [4.78, 5) is 0. The molecule has 0 fully saturated rings. The average molecular weight is 208 g/mol. The Morgan fingerprint density at radius 3 is 2.40 bits per heavy atom. The van der Waals surface area contributed by atoms with E-state index in [0.29, 0.717) is 5.92 Å². The first-order valence-electron chi connectivity index (χ1n) is 5.20. The Balaban J connectivity index is 3.03. The Hall–Kier alpha value is -1.06. The number of hydrogen-bond donors (Lipinski definition) is 2. The summed E-state index contributed by atoms with van der Waals surface area (Å²) in [6.45, 7) is 6.37. The van der Waals surface area contributed by atoms with E-state index in [1.165, 1.54) is 11.1 Å². The number of benzene rings is 1. The lowest BCUT2D eigenvalue weighted by Gasteiger charge is -2.22. The highest BCUT2D eigenvalue weighted by Crippen LogP contribution is 2.26. The van der Waals surface area contributed by atoms with Gasteiger partial charge in [-0.05, 0) is 36.1 Å². The van der Waals surface area contributed by atoms with Gasteiger partial charge in [0, 0.05) is 6.04 Å². The first kappa shape index (κ1) is 12.0. The molecule has 1 atom stereocenters. The molecule has 0 aliphatic heterocycles. The second kappa shape index (κ2) is 5.14. The molecule has 1 rings (SSSR count). The molecule has 15 heavy (non-hydrogen) atoms. The maximum atomic E-state index is 5.56. The summed E-state index contributed by atoms with van der Waals surface area (Å²) < 4.78 is 5.17. The molecule has 0 bridgehead atoms. The summed E-state index contributed by atoms with van der Waals surface area (Å²) in [7, 11) is 1.68. The van der Waals surface area contributed by atoms with Crippen LogP contribution in [0.1, 0.15) is 31.0 Å². The molecule has 0 spiro atoms. The Labute approximate surface area is 91.6 Å². The molecular formula is C12H20N2O. The molecule has 0 saturated carbocycles. The van der Waals surface area contributed by atoms with Crippen molar-refractivity contribution in [3.63, 3.8) is 0 Å². The van der Waals surface area contributed by atoms with E-state index in [1.807, 2.05) is 12.1 Å². The average Bonchev–Trinajstić information content (AvgIpc) is 2.20. The maximum absolute atomic E-state index is 5.56. The highest BCUT2D eigenvalue weighted by Gasteiger charge is 2.16. The van der Waals surface area contributed by atoms with Crippen molar-refractivity contribution in [3.8, 4) is 5.75 Å². The summed E-state index contributed by atoms with van der Waals surface area (Å²) in [6.07, 6.45) is 0. The summed E-state index contributed by atoms with van der Waals surface area (Å²) in [5, 5.41) is 0. The molecular weight excluding hydrogens is 188 g/mol. The number of nitrogens with one attached hydrogen (secondary N) is 1. The lowest BCUT2D eigenvalue weighted by atomic mass is 9.93. The van der Waals surface area contributed by atoms with Gasteiger partial charge < -0.3 is 4.74 Å². The highest BCUT2D eigenvalue weighted by atomic mass is 16.5. The molecule has 0 aliphatic rings. The van der Waals surface area contributed by atoms with Crippen LogP contribution in [0.25, 0.3) is 0 Å². The lowest BCUT2D eigenvalue weighted by Crippen LogP contribution is -2.32. The first-order valence-corrected chi connectivity index (χ1v) is 5.20. The topological polar surface area (TPSA) is 47.3 Å². The van der Waals surface area contributed by atoms with Crippen LogP contribution in [0.2, 0.25) is 0 Å². The van der Waals surface area contributed by atoms with Crippen molar-refractivity contribution < 1.29 is 4.74 Å². The third-order valence-electron chi connectivity index (χ3n) is 2.66. The van der Waals surface area contributed by atoms with E-state index in [4.69, 9.17) is 10.6 Å². The van der Waals surface area contributed by atoms with Crippen molar-refractivity contribution in [1.29, 1.82) is 0 Å². The van der Waals surface area contributed by atoms with E-state index in [0.717, 1.165) is 5.75 Å². The zero-order valence-electron chi connectivity index (χ0n) is 9.87. The Bertz CT molecular complexity index is 323. The summed E-state index contributed by atoms with van der Waals surface area (Å²) in [6, 6.07) is 6.26. The van der Waals surface area contributed by atoms with Crippen molar-refractivity contribution in [2.75, 3.05) is 7.11 Å². The molecule has 84 valence electrons. The van der Waals surface area contributed by atoms with Gasteiger partial charge in [-0.2, -0.15) is 0 Å². The number of rotatable bonds is 4. The third kappa shape index (κ3) is 2.70. The zero-order valence-corrected chi connectivity index (χ0v) is 9.87. The standard InChI is InChI=1S/C12H20N2O/c1-8(2)12(14-13)11-6-5-10(15-4)7-9(11)3/h5-8,12,14H,13H2,1-4H3. The second-order valence-corrected chi connectivity index (χ2v) is 4.11. The van der Waals surface area contributed by atoms with Gasteiger partial charge in [0.2, 0.25) is 0 Å². The fourth-order valence-electron chi connectivity index (χ4n) is 1.77. The Kier molecular flexibility index (Phi) is 4.12. The largest absolute Gasteiger partial charge is 0.497 e. The first-order chi connectivity index (χ1) is 7.10. The van der Waals surface area contributed by atoms with Crippen LogP contribution in [0.5, 0.6) is 5.75 Å². The fourth-order valence-corrected chi connectivity index (χ4v) is 1.77. The minimum atomic E-state index is 0.191. The van der Waals surface area contributed by atoms with Gasteiger partial charge in [-0.25, -0.2) is 0 Å². The van der Waals surface area contributed by atoms with E-state index < -0.39 is 0 Å². The monoisotopic (exact) mass is 208 g/mol. The SMILES string of the molecule is COc1ccc(C(NN)C(C)C)c(C)c1. The van der Waals surface area contributed by atoms with Crippen molar-refractivity contribution in [1.82, 2.24) is 5.43 Å². The highest BCUT2D eigenvalue weighted by molar-refractivity contribution is 5.36. The molecule has 3 N–H and O–H groups in total. The maximum Gasteiger partial charge on any atom is 0.119 e. The normalized spacial score (nSPS) is 12.9. The van der Waals surface area contributed by atoms with Crippen molar-refractivity contribution in [3.05, 3.63) is 29.3 Å². The lowest BCUT2D eigenvalue weighted by molar-refractivity contribution is 0.407. The third-order valence-corrected chi connectivity index (χ3v) is 2.66. The zero-order chi connectivity index (χ0) is 11.4. The van der Waals surface area contributed by atoms with Crippen LogP contribution in [-0.2, 0) is 0 Å². The van der Waals surface area contributed by atoms with Crippen LogP contribution in [0.3, 0.4) is 0 Å². The molecule has 0 saturated heterocycles. The smallest absolute Gasteiger partial charge is 0.119 e. The predicted molar refractivity (Wildman–Crippen MR) is 62.6 cm³/mol. The second-order valence-electron chi connectivity index (χ2n) is 4.11. The van der Waals surface area contributed by atoms with Crippen LogP contribution in [-0.4, -0.2) is 7.11 Å². The van der Waals surface area contributed by atoms with Gasteiger partial charge in [-0.3, -0.25) is 11.3 Å². The van der Waals surface area contributed by atoms with Crippen LogP contribution in [0.15, 0.2) is 18.2 Å². The van der Waals surface area contributed by atoms with Gasteiger partial charge in [0.25, 0.3) is 0 Å². The minimum Gasteiger partial charge on any atom is -0.497 e. The predicted octanol–water partition coefficient (Wildman–Crippen LogP) is 2.16. The molecule has 0 amide bonds. The van der Waals surface area contributed by atoms with Crippen molar-refractivity contribution >= 4 is 0 Å². The van der Waals surface area contributed by atoms with E-state index in [-0.39, 0.29) is 6.04 Å². The van der Waals surface area contributed by atoms with Gasteiger partial charge in [0.1, 0.15) is 5.75 Å². The summed E-state index contributed by atoms with van der Waals surface area (Å²) in [5.41, 5.74) is 5.29. The Morgan fingerprint density at radius 2 is 2.00 bits per heavy atom. The van der Waals surface area contributed by atoms with E-state index in [1.54, 1.807) is 7.11 Å². The molecule has 0 aliphatic carbocycles. The quantitative estimate of drug-likeness (QED) is 0.589. The molecule has 3 nitrogen and oxygen atoms in total. The van der Waals surface area contributed by atoms with E-state index in [2.05, 4.69) is 32.3 Å². The molecule has 1 aromatic rings. The number of methoxy groups -OCH3 is 1. The molecule has 3 heteroatoms. The van der Waals surface area contributed by atoms with Gasteiger partial charge >= 0.3 is 0 Å². The van der Waals surface area contributed by atoms with Crippen LogP contribution in [0, 0.1) is 12.8 Å². The number of ether oxygens (including phenoxy) is 1. The number of hydrazine groups is 1. The molecule has 1 unspecified atom stereocenters. The van der Waals surface area contributed by atoms with Gasteiger partial charge in [-0.1, -0.05) is 19.9 Å². The Morgan fingerprint density at radius 1 is 1.33 bits per heavy atom. The van der Waals surface area contributed by atoms with Crippen molar-refractivity contribution in [2.24, 2.45) is 11.8 Å². The fraction of sp³-hybridized carbons (Fsp3) is 0.500. The number of hydrogen-bond acceptors (Lipinski definition) is 3. The summed E-state index contributed by atoms with van der Waals surface area (Å²) >= 11 is 0. The summed E-state index contributed by atoms with van der Waals surface area (Å²) in [5.74, 6) is 6.91. The molecule has 0 heterocycles. The van der Waals surface area contributed by atoms with Gasteiger partial charge in [0.05, 0.1) is 7.11 Å². The van der Waals surface area contributed by atoms with Gasteiger partial charge in [0.15, 0.2) is 0 Å². The van der Waals surface area contributed by atoms with E-state index >= 15 is 0 Å².